The summed E-state index contributed by atoms with van der Waals surface area (Å²) in [6.45, 7) is 1.99. The topological polar surface area (TPSA) is 78.3 Å². The first kappa shape index (κ1) is 12.2. The van der Waals surface area contributed by atoms with Gasteiger partial charge in [-0.25, -0.2) is 9.97 Å². The number of carboxylic acids is 1. The summed E-state index contributed by atoms with van der Waals surface area (Å²) in [6.07, 6.45) is 1.45. The number of hydrogen-bond acceptors (Lipinski definition) is 5. The third kappa shape index (κ3) is 3.38. The molecule has 0 aromatic carbocycles. The molecule has 0 aliphatic heterocycles. The third-order valence-electron chi connectivity index (χ3n) is 2.12. The lowest BCUT2D eigenvalue weighted by Crippen LogP contribution is -2.20. The smallest absolute Gasteiger partial charge is 0.308 e. The molecule has 2 N–H and O–H groups in total. The molecule has 1 heterocycles. The van der Waals surface area contributed by atoms with E-state index < -0.39 is 11.9 Å². The minimum atomic E-state index is -0.825. The van der Waals surface area contributed by atoms with Crippen LogP contribution in [-0.2, 0) is 4.79 Å². The van der Waals surface area contributed by atoms with E-state index >= 15 is 0 Å². The molecule has 0 aliphatic carbocycles. The number of anilines is 2. The van der Waals surface area contributed by atoms with Crippen LogP contribution in [0.3, 0.4) is 0 Å². The van der Waals surface area contributed by atoms with Crippen LogP contribution in [0.1, 0.15) is 6.92 Å². The van der Waals surface area contributed by atoms with Gasteiger partial charge in [0.25, 0.3) is 0 Å². The molecule has 0 aliphatic rings. The molecule has 1 aromatic heterocycles. The van der Waals surface area contributed by atoms with Crippen LogP contribution < -0.4 is 10.2 Å². The van der Waals surface area contributed by atoms with Crippen molar-refractivity contribution in [3.05, 3.63) is 12.4 Å². The zero-order valence-electron chi connectivity index (χ0n) is 9.64. The highest BCUT2D eigenvalue weighted by molar-refractivity contribution is 5.70. The summed E-state index contributed by atoms with van der Waals surface area (Å²) < 4.78 is 0. The van der Waals surface area contributed by atoms with Crippen LogP contribution in [-0.4, -0.2) is 41.7 Å². The van der Waals surface area contributed by atoms with Crippen molar-refractivity contribution < 1.29 is 9.90 Å². The molecule has 16 heavy (non-hydrogen) atoms. The molecular weight excluding hydrogens is 208 g/mol. The van der Waals surface area contributed by atoms with E-state index in [1.165, 1.54) is 6.33 Å². The van der Waals surface area contributed by atoms with Gasteiger partial charge in [0.1, 0.15) is 18.0 Å². The van der Waals surface area contributed by atoms with E-state index in [2.05, 4.69) is 15.3 Å². The lowest BCUT2D eigenvalue weighted by molar-refractivity contribution is -0.140. The molecule has 1 atom stereocenters. The van der Waals surface area contributed by atoms with Gasteiger partial charge in [0.05, 0.1) is 5.92 Å². The van der Waals surface area contributed by atoms with Crippen LogP contribution in [0.4, 0.5) is 11.6 Å². The second-order valence-corrected chi connectivity index (χ2v) is 3.78. The maximum absolute atomic E-state index is 10.6. The molecular formula is C10H16N4O2. The summed E-state index contributed by atoms with van der Waals surface area (Å²) in [6, 6.07) is 1.77. The minimum Gasteiger partial charge on any atom is -0.481 e. The van der Waals surface area contributed by atoms with Crippen LogP contribution in [0.2, 0.25) is 0 Å². The first-order valence-corrected chi connectivity index (χ1v) is 4.96. The lowest BCUT2D eigenvalue weighted by Gasteiger charge is -2.13. The molecule has 0 amide bonds. The molecule has 1 rings (SSSR count). The second kappa shape index (κ2) is 5.29. The third-order valence-corrected chi connectivity index (χ3v) is 2.12. The summed E-state index contributed by atoms with van der Waals surface area (Å²) in [5, 5.41) is 11.7. The molecule has 0 saturated heterocycles. The van der Waals surface area contributed by atoms with Crippen LogP contribution in [0.15, 0.2) is 12.4 Å². The molecule has 0 bridgehead atoms. The highest BCUT2D eigenvalue weighted by Gasteiger charge is 2.10. The predicted octanol–water partition coefficient (Wildman–Crippen LogP) is 0.675. The Bertz CT molecular complexity index is 368. The van der Waals surface area contributed by atoms with E-state index in [0.29, 0.717) is 12.4 Å². The van der Waals surface area contributed by atoms with E-state index in [-0.39, 0.29) is 0 Å². The zero-order chi connectivity index (χ0) is 12.1. The molecule has 0 saturated carbocycles. The van der Waals surface area contributed by atoms with Gasteiger partial charge in [0.2, 0.25) is 0 Å². The quantitative estimate of drug-likeness (QED) is 0.765. The van der Waals surface area contributed by atoms with Crippen molar-refractivity contribution in [2.75, 3.05) is 30.9 Å². The van der Waals surface area contributed by atoms with Crippen molar-refractivity contribution in [3.63, 3.8) is 0 Å². The van der Waals surface area contributed by atoms with Crippen LogP contribution >= 0.6 is 0 Å². The Balaban J connectivity index is 2.60. The van der Waals surface area contributed by atoms with Gasteiger partial charge >= 0.3 is 5.97 Å². The number of aromatic nitrogens is 2. The fourth-order valence-corrected chi connectivity index (χ4v) is 1.03. The van der Waals surface area contributed by atoms with Crippen molar-refractivity contribution in [2.24, 2.45) is 5.92 Å². The maximum Gasteiger partial charge on any atom is 0.308 e. The van der Waals surface area contributed by atoms with Crippen molar-refractivity contribution in [1.82, 2.24) is 9.97 Å². The number of carbonyl (C=O) groups is 1. The average Bonchev–Trinajstić information content (AvgIpc) is 2.26. The number of rotatable bonds is 5. The van der Waals surface area contributed by atoms with Crippen LogP contribution in [0, 0.1) is 5.92 Å². The fraction of sp³-hybridized carbons (Fsp3) is 0.500. The minimum absolute atomic E-state index is 0.346. The Morgan fingerprint density at radius 3 is 2.81 bits per heavy atom. The fourth-order valence-electron chi connectivity index (χ4n) is 1.03. The highest BCUT2D eigenvalue weighted by Crippen LogP contribution is 2.11. The van der Waals surface area contributed by atoms with Crippen molar-refractivity contribution in [3.8, 4) is 0 Å². The van der Waals surface area contributed by atoms with E-state index in [0.717, 1.165) is 5.82 Å². The van der Waals surface area contributed by atoms with Gasteiger partial charge in [-0.15, -0.1) is 0 Å². The van der Waals surface area contributed by atoms with Crippen molar-refractivity contribution >= 4 is 17.6 Å². The van der Waals surface area contributed by atoms with Gasteiger partial charge in [-0.3, -0.25) is 4.79 Å². The summed E-state index contributed by atoms with van der Waals surface area (Å²) in [5.41, 5.74) is 0. The van der Waals surface area contributed by atoms with E-state index in [9.17, 15) is 4.79 Å². The largest absolute Gasteiger partial charge is 0.481 e. The zero-order valence-corrected chi connectivity index (χ0v) is 9.64. The van der Waals surface area contributed by atoms with Gasteiger partial charge in [-0.2, -0.15) is 0 Å². The Labute approximate surface area is 94.3 Å². The maximum atomic E-state index is 10.6. The molecule has 0 radical (unpaired) electrons. The highest BCUT2D eigenvalue weighted by atomic mass is 16.4. The first-order valence-electron chi connectivity index (χ1n) is 4.96. The van der Waals surface area contributed by atoms with Gasteiger partial charge in [0.15, 0.2) is 0 Å². The van der Waals surface area contributed by atoms with Gasteiger partial charge in [-0.1, -0.05) is 6.92 Å². The van der Waals surface area contributed by atoms with Crippen LogP contribution in [0.25, 0.3) is 0 Å². The number of nitrogens with one attached hydrogen (secondary N) is 1. The van der Waals surface area contributed by atoms with E-state index in [1.807, 2.05) is 19.0 Å². The number of aliphatic carboxylic acids is 1. The summed E-state index contributed by atoms with van der Waals surface area (Å²) in [4.78, 5) is 20.5. The second-order valence-electron chi connectivity index (χ2n) is 3.78. The molecule has 1 unspecified atom stereocenters. The number of hydrogen-bond donors (Lipinski definition) is 2. The van der Waals surface area contributed by atoms with E-state index in [4.69, 9.17) is 5.11 Å². The molecule has 6 heteroatoms. The Morgan fingerprint density at radius 2 is 2.25 bits per heavy atom. The molecule has 1 aromatic rings. The lowest BCUT2D eigenvalue weighted by atomic mass is 10.2. The molecule has 0 fully saturated rings. The van der Waals surface area contributed by atoms with Gasteiger partial charge < -0.3 is 15.3 Å². The first-order chi connectivity index (χ1) is 7.50. The monoisotopic (exact) mass is 224 g/mol. The summed E-state index contributed by atoms with van der Waals surface area (Å²) in [7, 11) is 3.76. The number of nitrogens with zero attached hydrogens (tertiary/aromatic N) is 3. The van der Waals surface area contributed by atoms with Crippen molar-refractivity contribution in [2.45, 2.75) is 6.92 Å². The standard InChI is InChI=1S/C10H16N4O2/c1-7(10(15)16)5-11-8-4-9(14(2)3)13-6-12-8/h4,6-7H,5H2,1-3H3,(H,15,16)(H,11,12,13). The Kier molecular flexibility index (Phi) is 4.04. The van der Waals surface area contributed by atoms with Gasteiger partial charge in [-0.05, 0) is 0 Å². The van der Waals surface area contributed by atoms with Gasteiger partial charge in [0, 0.05) is 26.7 Å². The van der Waals surface area contributed by atoms with Crippen LogP contribution in [0.5, 0.6) is 0 Å². The average molecular weight is 224 g/mol. The summed E-state index contributed by atoms with van der Waals surface area (Å²) >= 11 is 0. The molecule has 88 valence electrons. The van der Waals surface area contributed by atoms with E-state index in [1.54, 1.807) is 13.0 Å². The number of carboxylic acid groups (broad SMARTS) is 1. The molecule has 0 spiro atoms. The van der Waals surface area contributed by atoms with Crippen molar-refractivity contribution in [1.29, 1.82) is 0 Å². The molecule has 6 nitrogen and oxygen atoms in total. The predicted molar refractivity (Wildman–Crippen MR) is 61.6 cm³/mol. The Morgan fingerprint density at radius 1 is 1.56 bits per heavy atom. The Hall–Kier alpha value is -1.85. The normalized spacial score (nSPS) is 11.9. The summed E-state index contributed by atoms with van der Waals surface area (Å²) in [5.74, 6) is 0.138. The SMILES string of the molecule is CC(CNc1cc(N(C)C)ncn1)C(=O)O.